The fourth-order valence-corrected chi connectivity index (χ4v) is 2.42. The summed E-state index contributed by atoms with van der Waals surface area (Å²) in [5.41, 5.74) is 2.79. The Hall–Kier alpha value is -1.37. The molecule has 0 N–H and O–H groups in total. The van der Waals surface area contributed by atoms with Crippen molar-refractivity contribution in [2.75, 3.05) is 0 Å². The zero-order valence-electron chi connectivity index (χ0n) is 9.61. The zero-order valence-corrected chi connectivity index (χ0v) is 9.61. The third-order valence-electron chi connectivity index (χ3n) is 3.40. The molecule has 1 atom stereocenters. The first-order valence-electron chi connectivity index (χ1n) is 6.01. The lowest BCUT2D eigenvalue weighted by atomic mass is 9.81. The molecule has 0 aromatic heterocycles. The second kappa shape index (κ2) is 5.11. The lowest BCUT2D eigenvalue weighted by molar-refractivity contribution is -0.123. The number of ketones is 1. The van der Waals surface area contributed by atoms with Gasteiger partial charge in [-0.15, -0.1) is 6.58 Å². The summed E-state index contributed by atoms with van der Waals surface area (Å²) in [5, 5.41) is 0. The van der Waals surface area contributed by atoms with Crippen LogP contribution in [0.5, 0.6) is 0 Å². The van der Waals surface area contributed by atoms with E-state index >= 15 is 0 Å². The van der Waals surface area contributed by atoms with Crippen molar-refractivity contribution in [2.24, 2.45) is 5.92 Å². The van der Waals surface area contributed by atoms with Gasteiger partial charge in [-0.05, 0) is 36.8 Å². The van der Waals surface area contributed by atoms with Gasteiger partial charge in [0.05, 0.1) is 0 Å². The van der Waals surface area contributed by atoms with Gasteiger partial charge in [-0.2, -0.15) is 0 Å². The number of Topliss-reactive ketones (excluding diaryl/α,β-unsaturated/α-hetero) is 1. The van der Waals surface area contributed by atoms with Gasteiger partial charge in [0.1, 0.15) is 5.78 Å². The van der Waals surface area contributed by atoms with Gasteiger partial charge in [0.15, 0.2) is 0 Å². The minimum Gasteiger partial charge on any atom is -0.299 e. The topological polar surface area (TPSA) is 17.1 Å². The van der Waals surface area contributed by atoms with Crippen LogP contribution in [-0.4, -0.2) is 5.78 Å². The van der Waals surface area contributed by atoms with Crippen molar-refractivity contribution in [3.8, 4) is 0 Å². The Kier molecular flexibility index (Phi) is 3.55. The number of hydrogen-bond acceptors (Lipinski definition) is 1. The molecule has 0 fully saturated rings. The maximum absolute atomic E-state index is 11.9. The van der Waals surface area contributed by atoms with Crippen molar-refractivity contribution >= 4 is 5.78 Å². The molecule has 0 bridgehead atoms. The molecule has 0 radical (unpaired) electrons. The lowest BCUT2D eigenvalue weighted by Crippen LogP contribution is -2.22. The first-order chi connectivity index (χ1) is 7.81. The van der Waals surface area contributed by atoms with E-state index in [1.165, 1.54) is 11.1 Å². The van der Waals surface area contributed by atoms with Gasteiger partial charge in [-0.25, -0.2) is 0 Å². The number of aryl methyl sites for hydroxylation is 1. The number of hydrogen-bond donors (Lipinski definition) is 0. The Balaban J connectivity index is 2.02. The molecule has 16 heavy (non-hydrogen) atoms. The predicted octanol–water partition coefficient (Wildman–Crippen LogP) is 3.33. The van der Waals surface area contributed by atoms with Gasteiger partial charge in [0, 0.05) is 12.3 Å². The molecule has 1 aliphatic carbocycles. The predicted molar refractivity (Wildman–Crippen MR) is 66.4 cm³/mol. The van der Waals surface area contributed by atoms with Gasteiger partial charge < -0.3 is 0 Å². The van der Waals surface area contributed by atoms with Gasteiger partial charge in [0.2, 0.25) is 0 Å². The molecule has 0 aliphatic heterocycles. The highest BCUT2D eigenvalue weighted by Crippen LogP contribution is 2.26. The molecular weight excluding hydrogens is 196 g/mol. The molecule has 0 saturated carbocycles. The maximum Gasteiger partial charge on any atom is 0.136 e. The normalized spacial score (nSPS) is 18.9. The van der Waals surface area contributed by atoms with Crippen LogP contribution in [0.25, 0.3) is 0 Å². The van der Waals surface area contributed by atoms with Gasteiger partial charge in [-0.3, -0.25) is 4.79 Å². The molecule has 1 aromatic rings. The molecule has 0 spiro atoms. The van der Waals surface area contributed by atoms with Crippen LogP contribution in [0.3, 0.4) is 0 Å². The molecule has 84 valence electrons. The van der Waals surface area contributed by atoms with Crippen LogP contribution in [0.2, 0.25) is 0 Å². The molecule has 0 saturated heterocycles. The SMILES string of the molecule is C=CCCC(=O)C1CCc2ccccc2C1. The summed E-state index contributed by atoms with van der Waals surface area (Å²) < 4.78 is 0. The second-order valence-electron chi connectivity index (χ2n) is 4.50. The molecular formula is C15H18O. The molecule has 1 aliphatic rings. The average Bonchev–Trinajstić information content (AvgIpc) is 2.35. The van der Waals surface area contributed by atoms with Crippen LogP contribution >= 0.6 is 0 Å². The van der Waals surface area contributed by atoms with Crippen LogP contribution in [-0.2, 0) is 17.6 Å². The summed E-state index contributed by atoms with van der Waals surface area (Å²) in [6.45, 7) is 3.66. The quantitative estimate of drug-likeness (QED) is 0.703. The van der Waals surface area contributed by atoms with E-state index in [0.717, 1.165) is 25.7 Å². The van der Waals surface area contributed by atoms with Gasteiger partial charge in [-0.1, -0.05) is 30.3 Å². The molecule has 1 unspecified atom stereocenters. The Morgan fingerprint density at radius 3 is 2.88 bits per heavy atom. The van der Waals surface area contributed by atoms with Gasteiger partial charge in [0.25, 0.3) is 0 Å². The Labute approximate surface area is 97.2 Å². The maximum atomic E-state index is 11.9. The van der Waals surface area contributed by atoms with Crippen molar-refractivity contribution in [2.45, 2.75) is 32.1 Å². The Morgan fingerprint density at radius 2 is 2.12 bits per heavy atom. The fraction of sp³-hybridized carbons (Fsp3) is 0.400. The lowest BCUT2D eigenvalue weighted by Gasteiger charge is -2.23. The first kappa shape index (κ1) is 11.1. The summed E-state index contributed by atoms with van der Waals surface area (Å²) in [6.07, 6.45) is 6.32. The second-order valence-corrected chi connectivity index (χ2v) is 4.50. The molecule has 1 heteroatoms. The van der Waals surface area contributed by atoms with E-state index in [2.05, 4.69) is 30.8 Å². The first-order valence-corrected chi connectivity index (χ1v) is 6.01. The minimum absolute atomic E-state index is 0.245. The van der Waals surface area contributed by atoms with Gasteiger partial charge >= 0.3 is 0 Å². The largest absolute Gasteiger partial charge is 0.299 e. The van der Waals surface area contributed by atoms with Crippen molar-refractivity contribution in [1.29, 1.82) is 0 Å². The number of fused-ring (bicyclic) bond motifs is 1. The van der Waals surface area contributed by atoms with Crippen LogP contribution in [0.4, 0.5) is 0 Å². The standard InChI is InChI=1S/C15H18O/c1-2-3-8-15(16)14-10-9-12-6-4-5-7-13(12)11-14/h2,4-7,14H,1,3,8-11H2. The van der Waals surface area contributed by atoms with E-state index in [1.54, 1.807) is 0 Å². The number of benzene rings is 1. The zero-order chi connectivity index (χ0) is 11.4. The summed E-state index contributed by atoms with van der Waals surface area (Å²) >= 11 is 0. The number of carbonyl (C=O) groups excluding carboxylic acids is 1. The summed E-state index contributed by atoms with van der Waals surface area (Å²) in [7, 11) is 0. The highest BCUT2D eigenvalue weighted by molar-refractivity contribution is 5.81. The Bertz CT molecular complexity index is 392. The molecule has 0 heterocycles. The highest BCUT2D eigenvalue weighted by atomic mass is 16.1. The monoisotopic (exact) mass is 214 g/mol. The Morgan fingerprint density at radius 1 is 1.38 bits per heavy atom. The third-order valence-corrected chi connectivity index (χ3v) is 3.40. The number of allylic oxidation sites excluding steroid dienone is 1. The fourth-order valence-electron chi connectivity index (χ4n) is 2.42. The number of carbonyl (C=O) groups is 1. The van der Waals surface area contributed by atoms with E-state index in [1.807, 2.05) is 6.08 Å². The summed E-state index contributed by atoms with van der Waals surface area (Å²) in [6, 6.07) is 8.48. The van der Waals surface area contributed by atoms with Crippen LogP contribution < -0.4 is 0 Å². The van der Waals surface area contributed by atoms with Crippen LogP contribution in [0, 0.1) is 5.92 Å². The average molecular weight is 214 g/mol. The smallest absolute Gasteiger partial charge is 0.136 e. The molecule has 2 rings (SSSR count). The molecule has 1 nitrogen and oxygen atoms in total. The third kappa shape index (κ3) is 2.41. The van der Waals surface area contributed by atoms with E-state index < -0.39 is 0 Å². The molecule has 1 aromatic carbocycles. The van der Waals surface area contributed by atoms with E-state index in [0.29, 0.717) is 12.2 Å². The minimum atomic E-state index is 0.245. The van der Waals surface area contributed by atoms with Crippen LogP contribution in [0.15, 0.2) is 36.9 Å². The summed E-state index contributed by atoms with van der Waals surface area (Å²) in [5.74, 6) is 0.657. The highest BCUT2D eigenvalue weighted by Gasteiger charge is 2.23. The molecule has 0 amide bonds. The van der Waals surface area contributed by atoms with Crippen LogP contribution in [0.1, 0.15) is 30.4 Å². The van der Waals surface area contributed by atoms with E-state index in [-0.39, 0.29) is 5.92 Å². The van der Waals surface area contributed by atoms with Crippen molar-refractivity contribution < 1.29 is 4.79 Å². The van der Waals surface area contributed by atoms with E-state index in [4.69, 9.17) is 0 Å². The number of rotatable bonds is 4. The van der Waals surface area contributed by atoms with Crippen molar-refractivity contribution in [3.05, 3.63) is 48.0 Å². The van der Waals surface area contributed by atoms with Crippen molar-refractivity contribution in [1.82, 2.24) is 0 Å². The van der Waals surface area contributed by atoms with Crippen molar-refractivity contribution in [3.63, 3.8) is 0 Å². The van der Waals surface area contributed by atoms with E-state index in [9.17, 15) is 4.79 Å². The summed E-state index contributed by atoms with van der Waals surface area (Å²) in [4.78, 5) is 11.9.